The lowest BCUT2D eigenvalue weighted by Gasteiger charge is -2.07. The highest BCUT2D eigenvalue weighted by molar-refractivity contribution is 7.16. The quantitative estimate of drug-likeness (QED) is 0.310. The summed E-state index contributed by atoms with van der Waals surface area (Å²) < 4.78 is 7.42. The molecule has 0 radical (unpaired) electrons. The Kier molecular flexibility index (Phi) is 7.28. The minimum Gasteiger partial charge on any atom is -0.465 e. The number of aromatic nitrogens is 1. The summed E-state index contributed by atoms with van der Waals surface area (Å²) >= 11 is 13.9. The van der Waals surface area contributed by atoms with Crippen molar-refractivity contribution < 1.29 is 14.3 Å². The van der Waals surface area contributed by atoms with Gasteiger partial charge in [0.2, 0.25) is 0 Å². The van der Waals surface area contributed by atoms with Gasteiger partial charge in [0.05, 0.1) is 26.9 Å². The van der Waals surface area contributed by atoms with Gasteiger partial charge in [-0.1, -0.05) is 77.0 Å². The monoisotopic (exact) mass is 498 g/mol. The fourth-order valence-corrected chi connectivity index (χ4v) is 4.93. The number of amides is 1. The van der Waals surface area contributed by atoms with E-state index in [-0.39, 0.29) is 13.2 Å². The van der Waals surface area contributed by atoms with Crippen LogP contribution in [0.5, 0.6) is 0 Å². The molecule has 0 aliphatic heterocycles. The van der Waals surface area contributed by atoms with E-state index in [9.17, 15) is 9.59 Å². The van der Waals surface area contributed by atoms with Crippen molar-refractivity contribution in [2.45, 2.75) is 19.9 Å². The molecule has 168 valence electrons. The number of carbonyl (C=O) groups excluding carboxylic acids is 2. The Hall–Kier alpha value is -2.93. The number of rotatable bonds is 6. The maximum Gasteiger partial charge on any atom is 0.326 e. The van der Waals surface area contributed by atoms with E-state index in [0.29, 0.717) is 25.9 Å². The van der Waals surface area contributed by atoms with Crippen molar-refractivity contribution in [1.82, 2.24) is 4.57 Å². The third kappa shape index (κ3) is 5.36. The number of esters is 1. The zero-order valence-corrected chi connectivity index (χ0v) is 20.1. The Labute approximate surface area is 204 Å². The van der Waals surface area contributed by atoms with Crippen molar-refractivity contribution in [3.05, 3.63) is 98.3 Å². The van der Waals surface area contributed by atoms with E-state index in [0.717, 1.165) is 16.7 Å². The number of thiazole rings is 1. The number of hydrogen-bond donors (Lipinski definition) is 0. The summed E-state index contributed by atoms with van der Waals surface area (Å²) in [5.41, 5.74) is 3.29. The van der Waals surface area contributed by atoms with Crippen LogP contribution in [0.25, 0.3) is 10.2 Å². The van der Waals surface area contributed by atoms with Crippen LogP contribution in [0, 0.1) is 0 Å². The molecule has 0 aliphatic rings. The van der Waals surface area contributed by atoms with Crippen molar-refractivity contribution in [3.63, 3.8) is 0 Å². The van der Waals surface area contributed by atoms with Gasteiger partial charge in [0, 0.05) is 5.56 Å². The predicted octanol–water partition coefficient (Wildman–Crippen LogP) is 5.90. The van der Waals surface area contributed by atoms with Gasteiger partial charge in [-0.15, -0.1) is 0 Å². The highest BCUT2D eigenvalue weighted by atomic mass is 35.5. The first-order valence-electron chi connectivity index (χ1n) is 10.3. The lowest BCUT2D eigenvalue weighted by Crippen LogP contribution is -2.23. The molecule has 1 heterocycles. The molecule has 1 amide bonds. The van der Waals surface area contributed by atoms with Gasteiger partial charge >= 0.3 is 5.97 Å². The standard InChI is InChI=1S/C25H20Cl2N2O3S/c1-2-32-21(30)15-29-23-20(13-12-19(26)22(23)27)33-25(29)28-24(31)18-10-8-17(9-11-18)14-16-6-4-3-5-7-16/h3-13H,2,14-15H2,1H3. The second-order valence-electron chi connectivity index (χ2n) is 7.26. The van der Waals surface area contributed by atoms with E-state index in [1.54, 1.807) is 35.8 Å². The van der Waals surface area contributed by atoms with Crippen molar-refractivity contribution in [3.8, 4) is 0 Å². The van der Waals surface area contributed by atoms with E-state index in [1.165, 1.54) is 16.9 Å². The van der Waals surface area contributed by atoms with Crippen LogP contribution < -0.4 is 4.80 Å². The Balaban J connectivity index is 1.68. The summed E-state index contributed by atoms with van der Waals surface area (Å²) in [6, 6.07) is 20.9. The molecule has 0 aliphatic carbocycles. The van der Waals surface area contributed by atoms with E-state index >= 15 is 0 Å². The van der Waals surface area contributed by atoms with Crippen molar-refractivity contribution in [2.24, 2.45) is 4.99 Å². The molecule has 0 fully saturated rings. The van der Waals surface area contributed by atoms with Gasteiger partial charge in [-0.05, 0) is 48.7 Å². The van der Waals surface area contributed by atoms with Crippen LogP contribution in [0.2, 0.25) is 10.0 Å². The lowest BCUT2D eigenvalue weighted by atomic mass is 10.0. The summed E-state index contributed by atoms with van der Waals surface area (Å²) in [5.74, 6) is -0.861. The second kappa shape index (κ2) is 10.3. The minimum absolute atomic E-state index is 0.129. The predicted molar refractivity (Wildman–Crippen MR) is 132 cm³/mol. The third-order valence-electron chi connectivity index (χ3n) is 4.98. The molecule has 0 atom stereocenters. The van der Waals surface area contributed by atoms with Crippen molar-refractivity contribution in [1.29, 1.82) is 0 Å². The maximum atomic E-state index is 12.9. The van der Waals surface area contributed by atoms with Crippen LogP contribution in [-0.4, -0.2) is 23.1 Å². The minimum atomic E-state index is -0.451. The largest absolute Gasteiger partial charge is 0.465 e. The highest BCUT2D eigenvalue weighted by Crippen LogP contribution is 2.32. The van der Waals surface area contributed by atoms with E-state index in [4.69, 9.17) is 27.9 Å². The first kappa shape index (κ1) is 23.2. The normalized spacial score (nSPS) is 11.7. The zero-order valence-electron chi connectivity index (χ0n) is 17.8. The van der Waals surface area contributed by atoms with Crippen LogP contribution >= 0.6 is 34.5 Å². The Bertz CT molecular complexity index is 1380. The maximum absolute atomic E-state index is 12.9. The van der Waals surface area contributed by atoms with Gasteiger partial charge in [0.1, 0.15) is 6.54 Å². The zero-order chi connectivity index (χ0) is 23.4. The van der Waals surface area contributed by atoms with E-state index in [1.807, 2.05) is 30.3 Å². The molecular formula is C25H20Cl2N2O3S. The number of fused-ring (bicyclic) bond motifs is 1. The molecular weight excluding hydrogens is 479 g/mol. The summed E-state index contributed by atoms with van der Waals surface area (Å²) in [6.07, 6.45) is 0.779. The summed E-state index contributed by atoms with van der Waals surface area (Å²) in [7, 11) is 0. The fraction of sp³-hybridized carbons (Fsp3) is 0.160. The molecule has 4 aromatic rings. The first-order valence-corrected chi connectivity index (χ1v) is 11.9. The number of ether oxygens (including phenoxy) is 1. The van der Waals surface area contributed by atoms with Gasteiger partial charge in [0.25, 0.3) is 5.91 Å². The van der Waals surface area contributed by atoms with E-state index in [2.05, 4.69) is 17.1 Å². The van der Waals surface area contributed by atoms with Gasteiger partial charge in [-0.3, -0.25) is 9.59 Å². The number of halogens is 2. The van der Waals surface area contributed by atoms with Crippen LogP contribution in [0.4, 0.5) is 0 Å². The van der Waals surface area contributed by atoms with Gasteiger partial charge < -0.3 is 9.30 Å². The van der Waals surface area contributed by atoms with Crippen LogP contribution in [0.3, 0.4) is 0 Å². The number of carbonyl (C=O) groups is 2. The Morgan fingerprint density at radius 1 is 0.970 bits per heavy atom. The van der Waals surface area contributed by atoms with E-state index < -0.39 is 11.9 Å². The molecule has 4 rings (SSSR count). The smallest absolute Gasteiger partial charge is 0.326 e. The third-order valence-corrected chi connectivity index (χ3v) is 6.81. The number of benzene rings is 3. The summed E-state index contributed by atoms with van der Waals surface area (Å²) in [4.78, 5) is 29.8. The molecule has 0 saturated carbocycles. The molecule has 0 bridgehead atoms. The Morgan fingerprint density at radius 2 is 1.67 bits per heavy atom. The average molecular weight is 499 g/mol. The molecule has 0 N–H and O–H groups in total. The number of hydrogen-bond acceptors (Lipinski definition) is 4. The molecule has 3 aromatic carbocycles. The number of nitrogens with zero attached hydrogens (tertiary/aromatic N) is 2. The van der Waals surface area contributed by atoms with Crippen molar-refractivity contribution in [2.75, 3.05) is 6.61 Å². The molecule has 0 spiro atoms. The fourth-order valence-electron chi connectivity index (χ4n) is 3.42. The van der Waals surface area contributed by atoms with Gasteiger partial charge in [-0.25, -0.2) is 0 Å². The SMILES string of the molecule is CCOC(=O)Cn1c(=NC(=O)c2ccc(Cc3ccccc3)cc2)sc2ccc(Cl)c(Cl)c21. The topological polar surface area (TPSA) is 60.7 Å². The lowest BCUT2D eigenvalue weighted by molar-refractivity contribution is -0.143. The summed E-state index contributed by atoms with van der Waals surface area (Å²) in [6.45, 7) is 1.85. The average Bonchev–Trinajstić information content (AvgIpc) is 3.15. The van der Waals surface area contributed by atoms with Crippen LogP contribution in [0.1, 0.15) is 28.4 Å². The first-order chi connectivity index (χ1) is 16.0. The van der Waals surface area contributed by atoms with Gasteiger partial charge in [-0.2, -0.15) is 4.99 Å². The molecule has 33 heavy (non-hydrogen) atoms. The highest BCUT2D eigenvalue weighted by Gasteiger charge is 2.17. The molecule has 8 heteroatoms. The second-order valence-corrected chi connectivity index (χ2v) is 9.05. The summed E-state index contributed by atoms with van der Waals surface area (Å²) in [5, 5.41) is 0.653. The van der Waals surface area contributed by atoms with Crippen LogP contribution in [-0.2, 0) is 22.5 Å². The Morgan fingerprint density at radius 3 is 2.36 bits per heavy atom. The van der Waals surface area contributed by atoms with Crippen molar-refractivity contribution >= 4 is 56.6 Å². The molecule has 0 saturated heterocycles. The van der Waals surface area contributed by atoms with Gasteiger partial charge in [0.15, 0.2) is 4.80 Å². The molecule has 5 nitrogen and oxygen atoms in total. The van der Waals surface area contributed by atoms with Crippen LogP contribution in [0.15, 0.2) is 71.7 Å². The molecule has 1 aromatic heterocycles. The molecule has 0 unspecified atom stereocenters.